The van der Waals surface area contributed by atoms with Gasteiger partial charge in [-0.05, 0) is 55.3 Å². The number of aryl methyl sites for hydroxylation is 2. The summed E-state index contributed by atoms with van der Waals surface area (Å²) >= 11 is 6.02. The Hall–Kier alpha value is -3.32. The molecule has 3 N–H and O–H groups in total. The number of ether oxygens (including phenoxy) is 1. The van der Waals surface area contributed by atoms with Crippen molar-refractivity contribution in [3.63, 3.8) is 0 Å². The van der Waals surface area contributed by atoms with Crippen molar-refractivity contribution in [3.8, 4) is 5.75 Å². The van der Waals surface area contributed by atoms with E-state index in [4.69, 9.17) is 22.1 Å². The molecule has 0 spiro atoms. The second-order valence-electron chi connectivity index (χ2n) is 6.46. The van der Waals surface area contributed by atoms with Crippen LogP contribution in [-0.4, -0.2) is 21.6 Å². The highest BCUT2D eigenvalue weighted by atomic mass is 35.5. The SMILES string of the molecule is CCn1cc(NC(=O)c2ccc(COc3ccc(Cl)c(C)c3)cc2)c(C(N)=O)n1. The number of nitrogens with one attached hydrogen (secondary N) is 1. The van der Waals surface area contributed by atoms with Crippen LogP contribution < -0.4 is 15.8 Å². The number of anilines is 1. The zero-order chi connectivity index (χ0) is 21.0. The number of carbonyl (C=O) groups is 2. The van der Waals surface area contributed by atoms with E-state index in [0.717, 1.165) is 16.9 Å². The Kier molecular flexibility index (Phi) is 6.19. The Morgan fingerprint density at radius 2 is 1.93 bits per heavy atom. The van der Waals surface area contributed by atoms with E-state index in [-0.39, 0.29) is 17.3 Å². The Morgan fingerprint density at radius 3 is 2.55 bits per heavy atom. The fourth-order valence-corrected chi connectivity index (χ4v) is 2.79. The number of nitrogens with zero attached hydrogens (tertiary/aromatic N) is 2. The average molecular weight is 413 g/mol. The Morgan fingerprint density at radius 1 is 1.21 bits per heavy atom. The third-order valence-electron chi connectivity index (χ3n) is 4.32. The molecule has 0 saturated heterocycles. The summed E-state index contributed by atoms with van der Waals surface area (Å²) in [6.45, 7) is 4.70. The summed E-state index contributed by atoms with van der Waals surface area (Å²) in [5, 5.41) is 7.43. The first-order valence-corrected chi connectivity index (χ1v) is 9.41. The maximum atomic E-state index is 12.5. The number of amides is 2. The van der Waals surface area contributed by atoms with E-state index >= 15 is 0 Å². The van der Waals surface area contributed by atoms with E-state index in [9.17, 15) is 9.59 Å². The monoisotopic (exact) mass is 412 g/mol. The number of primary amides is 1. The number of hydrogen-bond donors (Lipinski definition) is 2. The Bertz CT molecular complexity index is 1040. The fourth-order valence-electron chi connectivity index (χ4n) is 2.68. The molecule has 0 unspecified atom stereocenters. The minimum Gasteiger partial charge on any atom is -0.489 e. The largest absolute Gasteiger partial charge is 0.489 e. The molecule has 2 amide bonds. The molecule has 150 valence electrons. The summed E-state index contributed by atoms with van der Waals surface area (Å²) in [5.41, 5.74) is 7.94. The van der Waals surface area contributed by atoms with Gasteiger partial charge in [0.1, 0.15) is 12.4 Å². The molecule has 0 aliphatic heterocycles. The van der Waals surface area contributed by atoms with Gasteiger partial charge in [0.15, 0.2) is 5.69 Å². The Balaban J connectivity index is 1.65. The number of aromatic nitrogens is 2. The normalized spacial score (nSPS) is 10.6. The van der Waals surface area contributed by atoms with Crippen LogP contribution in [0.5, 0.6) is 5.75 Å². The van der Waals surface area contributed by atoms with E-state index in [1.54, 1.807) is 24.4 Å². The lowest BCUT2D eigenvalue weighted by atomic mass is 10.1. The van der Waals surface area contributed by atoms with Gasteiger partial charge in [0, 0.05) is 23.3 Å². The third-order valence-corrected chi connectivity index (χ3v) is 4.74. The fraction of sp³-hybridized carbons (Fsp3) is 0.190. The molecule has 0 aliphatic carbocycles. The lowest BCUT2D eigenvalue weighted by Crippen LogP contribution is -2.18. The number of carbonyl (C=O) groups excluding carboxylic acids is 2. The summed E-state index contributed by atoms with van der Waals surface area (Å²) in [6, 6.07) is 12.5. The first kappa shape index (κ1) is 20.4. The maximum absolute atomic E-state index is 12.5. The van der Waals surface area contributed by atoms with Crippen LogP contribution in [0.15, 0.2) is 48.7 Å². The molecule has 3 aromatic rings. The van der Waals surface area contributed by atoms with Crippen molar-refractivity contribution in [1.82, 2.24) is 9.78 Å². The van der Waals surface area contributed by atoms with Gasteiger partial charge in [0.05, 0.1) is 5.69 Å². The minimum absolute atomic E-state index is 0.0310. The van der Waals surface area contributed by atoms with E-state index in [1.807, 2.05) is 38.1 Å². The molecule has 3 rings (SSSR count). The molecule has 0 saturated carbocycles. The van der Waals surface area contributed by atoms with Gasteiger partial charge in [-0.3, -0.25) is 14.3 Å². The highest BCUT2D eigenvalue weighted by molar-refractivity contribution is 6.31. The van der Waals surface area contributed by atoms with E-state index in [2.05, 4.69) is 10.4 Å². The molecule has 0 bridgehead atoms. The number of hydrogen-bond acceptors (Lipinski definition) is 4. The number of benzene rings is 2. The molecule has 0 aliphatic rings. The number of halogens is 1. The topological polar surface area (TPSA) is 99.2 Å². The lowest BCUT2D eigenvalue weighted by Gasteiger charge is -2.09. The quantitative estimate of drug-likeness (QED) is 0.616. The first-order valence-electron chi connectivity index (χ1n) is 9.04. The van der Waals surface area contributed by atoms with Gasteiger partial charge in [-0.1, -0.05) is 23.7 Å². The predicted molar refractivity (Wildman–Crippen MR) is 111 cm³/mol. The molecule has 29 heavy (non-hydrogen) atoms. The van der Waals surface area contributed by atoms with Gasteiger partial charge in [0.2, 0.25) is 0 Å². The van der Waals surface area contributed by atoms with Crippen LogP contribution in [-0.2, 0) is 13.2 Å². The van der Waals surface area contributed by atoms with Crippen LogP contribution in [0.2, 0.25) is 5.02 Å². The van der Waals surface area contributed by atoms with Crippen molar-refractivity contribution in [2.45, 2.75) is 27.0 Å². The van der Waals surface area contributed by atoms with Gasteiger partial charge in [-0.25, -0.2) is 0 Å². The molecule has 7 nitrogen and oxygen atoms in total. The second-order valence-corrected chi connectivity index (χ2v) is 6.87. The van der Waals surface area contributed by atoms with Crippen molar-refractivity contribution in [3.05, 3.63) is 76.1 Å². The molecular formula is C21H21ClN4O3. The smallest absolute Gasteiger partial charge is 0.271 e. The van der Waals surface area contributed by atoms with Crippen LogP contribution in [0.3, 0.4) is 0 Å². The summed E-state index contributed by atoms with van der Waals surface area (Å²) in [4.78, 5) is 24.0. The van der Waals surface area contributed by atoms with Gasteiger partial charge in [-0.2, -0.15) is 5.10 Å². The van der Waals surface area contributed by atoms with Gasteiger partial charge in [-0.15, -0.1) is 0 Å². The molecule has 1 heterocycles. The summed E-state index contributed by atoms with van der Waals surface area (Å²) < 4.78 is 7.30. The molecule has 8 heteroatoms. The van der Waals surface area contributed by atoms with Crippen LogP contribution in [0.25, 0.3) is 0 Å². The van der Waals surface area contributed by atoms with Gasteiger partial charge >= 0.3 is 0 Å². The number of rotatable bonds is 7. The molecule has 0 atom stereocenters. The highest BCUT2D eigenvalue weighted by Crippen LogP contribution is 2.22. The van der Waals surface area contributed by atoms with E-state index < -0.39 is 5.91 Å². The predicted octanol–water partition coefficient (Wildman–Crippen LogP) is 3.80. The second kappa shape index (κ2) is 8.79. The van der Waals surface area contributed by atoms with Crippen LogP contribution in [0.4, 0.5) is 5.69 Å². The molecule has 0 fully saturated rings. The molecular weight excluding hydrogens is 392 g/mol. The summed E-state index contributed by atoms with van der Waals surface area (Å²) in [5.74, 6) is -0.331. The van der Waals surface area contributed by atoms with Crippen LogP contribution >= 0.6 is 11.6 Å². The standard InChI is InChI=1S/C21H21ClN4O3/c1-3-26-11-18(19(25-26)20(23)27)24-21(28)15-6-4-14(5-7-15)12-29-16-8-9-17(22)13(2)10-16/h4-11H,3,12H2,1-2H3,(H2,23,27)(H,24,28). The van der Waals surface area contributed by atoms with E-state index in [0.29, 0.717) is 23.7 Å². The molecule has 1 aromatic heterocycles. The van der Waals surface area contributed by atoms with Crippen molar-refractivity contribution in [1.29, 1.82) is 0 Å². The van der Waals surface area contributed by atoms with Crippen LogP contribution in [0, 0.1) is 6.92 Å². The lowest BCUT2D eigenvalue weighted by molar-refractivity contribution is 0.0995. The summed E-state index contributed by atoms with van der Waals surface area (Å²) in [6.07, 6.45) is 1.58. The van der Waals surface area contributed by atoms with Crippen molar-refractivity contribution in [2.75, 3.05) is 5.32 Å². The summed E-state index contributed by atoms with van der Waals surface area (Å²) in [7, 11) is 0. The zero-order valence-electron chi connectivity index (χ0n) is 16.1. The van der Waals surface area contributed by atoms with Crippen molar-refractivity contribution in [2.24, 2.45) is 5.73 Å². The van der Waals surface area contributed by atoms with E-state index in [1.165, 1.54) is 4.68 Å². The average Bonchev–Trinajstić information content (AvgIpc) is 3.12. The van der Waals surface area contributed by atoms with Crippen LogP contribution in [0.1, 0.15) is 38.9 Å². The van der Waals surface area contributed by atoms with Gasteiger partial charge < -0.3 is 15.8 Å². The first-order chi connectivity index (χ1) is 13.9. The minimum atomic E-state index is -0.697. The Labute approximate surface area is 173 Å². The highest BCUT2D eigenvalue weighted by Gasteiger charge is 2.16. The maximum Gasteiger partial charge on any atom is 0.271 e. The van der Waals surface area contributed by atoms with Crippen molar-refractivity contribution < 1.29 is 14.3 Å². The molecule has 2 aromatic carbocycles. The number of nitrogens with two attached hydrogens (primary N) is 1. The molecule has 0 radical (unpaired) electrons. The van der Waals surface area contributed by atoms with Gasteiger partial charge in [0.25, 0.3) is 11.8 Å². The van der Waals surface area contributed by atoms with Crippen molar-refractivity contribution >= 4 is 29.1 Å². The third kappa shape index (κ3) is 4.94. The zero-order valence-corrected chi connectivity index (χ0v) is 16.9.